The standard InChI is InChI=1S/C19H23N3O4S.ClH/c1-2-15-3-7-17(8-4-15)19-13-20-11-12-21(19)27(25,26)14-16-5-9-18(10-6-16)22(23)24;/h3-10,19-20H,2,11-14H2,1H3;1H. The molecule has 1 N–H and O–H groups in total. The molecule has 0 aliphatic carbocycles. The summed E-state index contributed by atoms with van der Waals surface area (Å²) >= 11 is 0. The Hall–Kier alpha value is -2.00. The fourth-order valence-electron chi connectivity index (χ4n) is 3.29. The normalized spacial score (nSPS) is 17.7. The highest BCUT2D eigenvalue weighted by Gasteiger charge is 2.33. The minimum atomic E-state index is -3.56. The van der Waals surface area contributed by atoms with Crippen molar-refractivity contribution in [2.75, 3.05) is 19.6 Å². The maximum absolute atomic E-state index is 13.0. The Morgan fingerprint density at radius 1 is 1.11 bits per heavy atom. The third kappa shape index (κ3) is 5.08. The number of nitro groups is 1. The molecule has 9 heteroatoms. The topological polar surface area (TPSA) is 92.6 Å². The van der Waals surface area contributed by atoms with Gasteiger partial charge in [-0.15, -0.1) is 12.4 Å². The molecule has 152 valence electrons. The largest absolute Gasteiger partial charge is 0.313 e. The van der Waals surface area contributed by atoms with E-state index >= 15 is 0 Å². The number of non-ortho nitro benzene ring substituents is 1. The fourth-order valence-corrected chi connectivity index (χ4v) is 5.02. The van der Waals surface area contributed by atoms with Crippen LogP contribution in [0.2, 0.25) is 0 Å². The molecule has 1 fully saturated rings. The van der Waals surface area contributed by atoms with Gasteiger partial charge in [-0.1, -0.05) is 43.3 Å². The van der Waals surface area contributed by atoms with Crippen LogP contribution < -0.4 is 5.32 Å². The summed E-state index contributed by atoms with van der Waals surface area (Å²) < 4.78 is 27.6. The van der Waals surface area contributed by atoms with Crippen molar-refractivity contribution >= 4 is 28.1 Å². The van der Waals surface area contributed by atoms with Crippen LogP contribution in [0.5, 0.6) is 0 Å². The lowest BCUT2D eigenvalue weighted by Crippen LogP contribution is -2.48. The first-order valence-electron chi connectivity index (χ1n) is 8.93. The minimum absolute atomic E-state index is 0. The molecule has 2 aromatic rings. The van der Waals surface area contributed by atoms with E-state index in [-0.39, 0.29) is 29.9 Å². The van der Waals surface area contributed by atoms with E-state index < -0.39 is 14.9 Å². The molecule has 1 saturated heterocycles. The van der Waals surface area contributed by atoms with Crippen molar-refractivity contribution < 1.29 is 13.3 Å². The van der Waals surface area contributed by atoms with Crippen molar-refractivity contribution in [1.29, 1.82) is 0 Å². The van der Waals surface area contributed by atoms with Gasteiger partial charge in [-0.3, -0.25) is 10.1 Å². The summed E-state index contributed by atoms with van der Waals surface area (Å²) in [6.07, 6.45) is 0.936. The van der Waals surface area contributed by atoms with Crippen LogP contribution in [0.3, 0.4) is 0 Å². The van der Waals surface area contributed by atoms with Crippen molar-refractivity contribution in [2.45, 2.75) is 25.1 Å². The van der Waals surface area contributed by atoms with Gasteiger partial charge in [-0.25, -0.2) is 8.42 Å². The molecular formula is C19H24ClN3O4S. The van der Waals surface area contributed by atoms with E-state index in [0.29, 0.717) is 25.2 Å². The van der Waals surface area contributed by atoms with Gasteiger partial charge in [0.15, 0.2) is 0 Å². The minimum Gasteiger partial charge on any atom is -0.313 e. The maximum atomic E-state index is 13.0. The summed E-state index contributed by atoms with van der Waals surface area (Å²) in [6.45, 7) is 3.64. The molecule has 7 nitrogen and oxygen atoms in total. The van der Waals surface area contributed by atoms with Crippen LogP contribution in [0.25, 0.3) is 0 Å². The molecule has 1 heterocycles. The van der Waals surface area contributed by atoms with Crippen molar-refractivity contribution in [3.8, 4) is 0 Å². The number of hydrogen-bond acceptors (Lipinski definition) is 5. The van der Waals surface area contributed by atoms with E-state index in [2.05, 4.69) is 12.2 Å². The van der Waals surface area contributed by atoms with E-state index in [1.54, 1.807) is 4.31 Å². The highest BCUT2D eigenvalue weighted by Crippen LogP contribution is 2.27. The number of hydrogen-bond donors (Lipinski definition) is 1. The van der Waals surface area contributed by atoms with E-state index in [4.69, 9.17) is 0 Å². The van der Waals surface area contributed by atoms with Gasteiger partial charge in [0.1, 0.15) is 0 Å². The highest BCUT2D eigenvalue weighted by molar-refractivity contribution is 7.88. The lowest BCUT2D eigenvalue weighted by Gasteiger charge is -2.35. The van der Waals surface area contributed by atoms with Crippen LogP contribution >= 0.6 is 12.4 Å². The molecule has 2 aromatic carbocycles. The summed E-state index contributed by atoms with van der Waals surface area (Å²) in [5.41, 5.74) is 2.67. The van der Waals surface area contributed by atoms with Crippen molar-refractivity contribution in [3.63, 3.8) is 0 Å². The van der Waals surface area contributed by atoms with Crippen molar-refractivity contribution in [1.82, 2.24) is 9.62 Å². The fraction of sp³-hybridized carbons (Fsp3) is 0.368. The van der Waals surface area contributed by atoms with Gasteiger partial charge in [0, 0.05) is 31.8 Å². The van der Waals surface area contributed by atoms with E-state index in [9.17, 15) is 18.5 Å². The predicted molar refractivity (Wildman–Crippen MR) is 111 cm³/mol. The van der Waals surface area contributed by atoms with Gasteiger partial charge < -0.3 is 5.32 Å². The second-order valence-electron chi connectivity index (χ2n) is 6.61. The second kappa shape index (κ2) is 9.47. The number of halogens is 1. The Morgan fingerprint density at radius 2 is 1.71 bits per heavy atom. The lowest BCUT2D eigenvalue weighted by molar-refractivity contribution is -0.384. The quantitative estimate of drug-likeness (QED) is 0.567. The number of nitro benzene ring substituents is 1. The van der Waals surface area contributed by atoms with E-state index in [0.717, 1.165) is 12.0 Å². The third-order valence-electron chi connectivity index (χ3n) is 4.82. The molecule has 0 aromatic heterocycles. The van der Waals surface area contributed by atoms with Crippen molar-refractivity contribution in [3.05, 3.63) is 75.3 Å². The van der Waals surface area contributed by atoms with Crippen LogP contribution in [-0.4, -0.2) is 37.3 Å². The summed E-state index contributed by atoms with van der Waals surface area (Å²) in [5, 5.41) is 14.0. The highest BCUT2D eigenvalue weighted by atomic mass is 35.5. The molecule has 0 radical (unpaired) electrons. The number of nitrogens with zero attached hydrogens (tertiary/aromatic N) is 2. The average Bonchev–Trinajstić information content (AvgIpc) is 2.68. The summed E-state index contributed by atoms with van der Waals surface area (Å²) in [5.74, 6) is -0.172. The zero-order chi connectivity index (χ0) is 19.4. The van der Waals surface area contributed by atoms with Gasteiger partial charge in [0.05, 0.1) is 16.7 Å². The second-order valence-corrected chi connectivity index (χ2v) is 8.53. The average molecular weight is 426 g/mol. The molecule has 3 rings (SSSR count). The number of aryl methyl sites for hydroxylation is 1. The Bertz CT molecular complexity index is 902. The Balaban J connectivity index is 0.00000280. The smallest absolute Gasteiger partial charge is 0.269 e. The number of nitrogens with one attached hydrogen (secondary N) is 1. The summed E-state index contributed by atoms with van der Waals surface area (Å²) in [7, 11) is -3.56. The maximum Gasteiger partial charge on any atom is 0.269 e. The number of sulfonamides is 1. The van der Waals surface area contributed by atoms with Crippen LogP contribution in [0.15, 0.2) is 48.5 Å². The SMILES string of the molecule is CCc1ccc(C2CNCCN2S(=O)(=O)Cc2ccc([N+](=O)[O-])cc2)cc1.Cl. The molecule has 0 saturated carbocycles. The van der Waals surface area contributed by atoms with E-state index in [1.165, 1.54) is 29.8 Å². The van der Waals surface area contributed by atoms with Gasteiger partial charge in [0.25, 0.3) is 5.69 Å². The molecule has 0 amide bonds. The molecule has 1 aliphatic rings. The molecule has 28 heavy (non-hydrogen) atoms. The first kappa shape index (κ1) is 22.3. The van der Waals surface area contributed by atoms with Crippen molar-refractivity contribution in [2.24, 2.45) is 0 Å². The first-order valence-corrected chi connectivity index (χ1v) is 10.5. The third-order valence-corrected chi connectivity index (χ3v) is 6.67. The van der Waals surface area contributed by atoms with Crippen LogP contribution in [0.4, 0.5) is 5.69 Å². The molecule has 0 bridgehead atoms. The van der Waals surface area contributed by atoms with Gasteiger partial charge in [-0.05, 0) is 23.1 Å². The van der Waals surface area contributed by atoms with Gasteiger partial charge in [-0.2, -0.15) is 4.31 Å². The van der Waals surface area contributed by atoms with Gasteiger partial charge in [0.2, 0.25) is 10.0 Å². The number of piperazine rings is 1. The van der Waals surface area contributed by atoms with Crippen LogP contribution in [-0.2, 0) is 22.2 Å². The Kier molecular flexibility index (Phi) is 7.54. The Morgan fingerprint density at radius 3 is 2.29 bits per heavy atom. The zero-order valence-corrected chi connectivity index (χ0v) is 17.2. The lowest BCUT2D eigenvalue weighted by atomic mass is 10.0. The predicted octanol–water partition coefficient (Wildman–Crippen LogP) is 3.06. The summed E-state index contributed by atoms with van der Waals surface area (Å²) in [6, 6.07) is 13.5. The molecule has 1 unspecified atom stereocenters. The first-order chi connectivity index (χ1) is 12.9. The monoisotopic (exact) mass is 425 g/mol. The number of benzene rings is 2. The molecule has 1 aliphatic heterocycles. The Labute approximate surface area is 171 Å². The number of rotatable bonds is 6. The van der Waals surface area contributed by atoms with E-state index in [1.807, 2.05) is 24.3 Å². The van der Waals surface area contributed by atoms with Crippen LogP contribution in [0.1, 0.15) is 29.7 Å². The summed E-state index contributed by atoms with van der Waals surface area (Å²) in [4.78, 5) is 10.3. The molecule has 0 spiro atoms. The zero-order valence-electron chi connectivity index (χ0n) is 15.6. The molecular weight excluding hydrogens is 402 g/mol. The van der Waals surface area contributed by atoms with Crippen LogP contribution in [0, 0.1) is 10.1 Å². The van der Waals surface area contributed by atoms with Gasteiger partial charge >= 0.3 is 0 Å². The molecule has 1 atom stereocenters.